The number of likely N-dealkylation sites (tertiary alicyclic amines) is 1. The van der Waals surface area contributed by atoms with Crippen molar-refractivity contribution >= 4 is 29.3 Å². The predicted octanol–water partition coefficient (Wildman–Crippen LogP) is 3.61. The molecule has 7 heteroatoms. The molecule has 1 atom stereocenters. The molecule has 1 unspecified atom stereocenters. The van der Waals surface area contributed by atoms with Crippen LogP contribution in [-0.4, -0.2) is 43.1 Å². The van der Waals surface area contributed by atoms with E-state index in [1.807, 2.05) is 47.4 Å². The zero-order valence-corrected chi connectivity index (χ0v) is 16.8. The van der Waals surface area contributed by atoms with Gasteiger partial charge in [0.05, 0.1) is 5.69 Å². The van der Waals surface area contributed by atoms with E-state index < -0.39 is 0 Å². The summed E-state index contributed by atoms with van der Waals surface area (Å²) in [5, 5.41) is -0.0509. The lowest BCUT2D eigenvalue weighted by Gasteiger charge is -2.25. The number of fused-ring (bicyclic) bond motifs is 2. The normalized spacial score (nSPS) is 20.6. The molecule has 0 aromatic heterocycles. The standard InChI is InChI=1S/C22H22N2O4S/c25-21-12-20(15-7-8-17-18(11-15)28-14-27-17)29-19-6-2-1-5-16(19)24(21)13-22(26)23-9-3-4-10-23/h1-2,5-8,11,20H,3-4,9-10,12-14H2. The summed E-state index contributed by atoms with van der Waals surface area (Å²) >= 11 is 1.66. The van der Waals surface area contributed by atoms with Crippen LogP contribution in [0.5, 0.6) is 11.5 Å². The van der Waals surface area contributed by atoms with E-state index in [1.165, 1.54) is 0 Å². The van der Waals surface area contributed by atoms with Gasteiger partial charge in [-0.15, -0.1) is 11.8 Å². The van der Waals surface area contributed by atoms with Crippen LogP contribution in [0, 0.1) is 0 Å². The van der Waals surface area contributed by atoms with E-state index in [0.717, 1.165) is 47.8 Å². The van der Waals surface area contributed by atoms with E-state index in [1.54, 1.807) is 16.7 Å². The molecule has 2 aromatic carbocycles. The van der Waals surface area contributed by atoms with Gasteiger partial charge >= 0.3 is 0 Å². The Bertz CT molecular complexity index is 958. The minimum Gasteiger partial charge on any atom is -0.454 e. The summed E-state index contributed by atoms with van der Waals surface area (Å²) in [5.74, 6) is 1.45. The lowest BCUT2D eigenvalue weighted by molar-refractivity contribution is -0.130. The van der Waals surface area contributed by atoms with Crippen LogP contribution in [-0.2, 0) is 9.59 Å². The van der Waals surface area contributed by atoms with Crippen molar-refractivity contribution in [2.75, 3.05) is 31.3 Å². The summed E-state index contributed by atoms with van der Waals surface area (Å²) < 4.78 is 10.9. The highest BCUT2D eigenvalue weighted by Crippen LogP contribution is 2.47. The van der Waals surface area contributed by atoms with Crippen molar-refractivity contribution in [1.82, 2.24) is 4.90 Å². The number of rotatable bonds is 3. The molecule has 1 saturated heterocycles. The summed E-state index contributed by atoms with van der Waals surface area (Å²) in [6.45, 7) is 1.91. The molecule has 5 rings (SSSR count). The molecular weight excluding hydrogens is 388 g/mol. The van der Waals surface area contributed by atoms with E-state index in [-0.39, 0.29) is 30.4 Å². The van der Waals surface area contributed by atoms with Gasteiger partial charge in [-0.1, -0.05) is 18.2 Å². The molecule has 6 nitrogen and oxygen atoms in total. The summed E-state index contributed by atoms with van der Waals surface area (Å²) in [7, 11) is 0. The van der Waals surface area contributed by atoms with Crippen molar-refractivity contribution in [2.24, 2.45) is 0 Å². The number of carbonyl (C=O) groups is 2. The van der Waals surface area contributed by atoms with Gasteiger partial charge < -0.3 is 19.3 Å². The Morgan fingerprint density at radius 2 is 1.86 bits per heavy atom. The zero-order valence-electron chi connectivity index (χ0n) is 16.0. The van der Waals surface area contributed by atoms with Crippen molar-refractivity contribution in [3.05, 3.63) is 48.0 Å². The van der Waals surface area contributed by atoms with E-state index in [4.69, 9.17) is 9.47 Å². The monoisotopic (exact) mass is 410 g/mol. The molecular formula is C22H22N2O4S. The molecule has 3 heterocycles. The number of hydrogen-bond acceptors (Lipinski definition) is 5. The second-order valence-electron chi connectivity index (χ2n) is 7.46. The fourth-order valence-corrected chi connectivity index (χ4v) is 5.32. The molecule has 0 spiro atoms. The van der Waals surface area contributed by atoms with Crippen LogP contribution in [0.15, 0.2) is 47.4 Å². The van der Waals surface area contributed by atoms with E-state index in [0.29, 0.717) is 12.2 Å². The maximum Gasteiger partial charge on any atom is 0.242 e. The number of amides is 2. The Labute approximate surface area is 173 Å². The third-order valence-electron chi connectivity index (χ3n) is 5.61. The average Bonchev–Trinajstić information content (AvgIpc) is 3.41. The molecule has 150 valence electrons. The number of para-hydroxylation sites is 1. The SMILES string of the molecule is O=C(CN1C(=O)CC(c2ccc3c(c2)OCO3)Sc2ccccc21)N1CCCC1. The summed E-state index contributed by atoms with van der Waals surface area (Å²) in [5.41, 5.74) is 1.84. The first-order valence-electron chi connectivity index (χ1n) is 9.92. The number of nitrogens with zero attached hydrogens (tertiary/aromatic N) is 2. The zero-order chi connectivity index (χ0) is 19.8. The average molecular weight is 410 g/mol. The second kappa shape index (κ2) is 7.63. The molecule has 3 aliphatic heterocycles. The Kier molecular flexibility index (Phi) is 4.83. The minimum atomic E-state index is -0.0509. The van der Waals surface area contributed by atoms with Crippen LogP contribution < -0.4 is 14.4 Å². The maximum absolute atomic E-state index is 13.2. The molecule has 0 saturated carbocycles. The van der Waals surface area contributed by atoms with Crippen LogP contribution in [0.4, 0.5) is 5.69 Å². The smallest absolute Gasteiger partial charge is 0.242 e. The van der Waals surface area contributed by atoms with Gasteiger partial charge in [0, 0.05) is 29.7 Å². The van der Waals surface area contributed by atoms with Crippen LogP contribution >= 0.6 is 11.8 Å². The summed E-state index contributed by atoms with van der Waals surface area (Å²) in [6.07, 6.45) is 2.41. The van der Waals surface area contributed by atoms with Crippen molar-refractivity contribution in [3.63, 3.8) is 0 Å². The first-order valence-corrected chi connectivity index (χ1v) is 10.8. The van der Waals surface area contributed by atoms with Crippen molar-refractivity contribution in [2.45, 2.75) is 29.4 Å². The quantitative estimate of drug-likeness (QED) is 0.774. The highest BCUT2D eigenvalue weighted by Gasteiger charge is 2.32. The van der Waals surface area contributed by atoms with Gasteiger partial charge in [0.2, 0.25) is 18.6 Å². The first kappa shape index (κ1) is 18.4. The molecule has 3 aliphatic rings. The van der Waals surface area contributed by atoms with Gasteiger partial charge in [-0.05, 0) is 42.7 Å². The van der Waals surface area contributed by atoms with Crippen LogP contribution in [0.2, 0.25) is 0 Å². The number of anilines is 1. The number of thioether (sulfide) groups is 1. The van der Waals surface area contributed by atoms with Gasteiger partial charge in [-0.3, -0.25) is 9.59 Å². The number of hydrogen-bond donors (Lipinski definition) is 0. The first-order chi connectivity index (χ1) is 14.2. The number of ether oxygens (including phenoxy) is 2. The van der Waals surface area contributed by atoms with Crippen LogP contribution in [0.1, 0.15) is 30.1 Å². The lowest BCUT2D eigenvalue weighted by Crippen LogP contribution is -2.42. The van der Waals surface area contributed by atoms with Crippen LogP contribution in [0.25, 0.3) is 0 Å². The van der Waals surface area contributed by atoms with Gasteiger partial charge in [0.25, 0.3) is 0 Å². The van der Waals surface area contributed by atoms with Gasteiger partial charge in [0.15, 0.2) is 11.5 Å². The van der Waals surface area contributed by atoms with Crippen LogP contribution in [0.3, 0.4) is 0 Å². The Morgan fingerprint density at radius 3 is 2.72 bits per heavy atom. The Morgan fingerprint density at radius 1 is 1.07 bits per heavy atom. The fraction of sp³-hybridized carbons (Fsp3) is 0.364. The van der Waals surface area contributed by atoms with Gasteiger partial charge in [-0.25, -0.2) is 0 Å². The van der Waals surface area contributed by atoms with Crippen molar-refractivity contribution in [3.8, 4) is 11.5 Å². The van der Waals surface area contributed by atoms with Crippen molar-refractivity contribution < 1.29 is 19.1 Å². The highest BCUT2D eigenvalue weighted by molar-refractivity contribution is 7.99. The predicted molar refractivity (Wildman–Crippen MR) is 110 cm³/mol. The third-order valence-corrected chi connectivity index (χ3v) is 6.93. The van der Waals surface area contributed by atoms with Gasteiger partial charge in [-0.2, -0.15) is 0 Å². The number of benzene rings is 2. The summed E-state index contributed by atoms with van der Waals surface area (Å²) in [6, 6.07) is 13.7. The molecule has 2 amide bonds. The van der Waals surface area contributed by atoms with Gasteiger partial charge in [0.1, 0.15) is 6.54 Å². The fourth-order valence-electron chi connectivity index (χ4n) is 4.05. The van der Waals surface area contributed by atoms with E-state index in [2.05, 4.69) is 0 Å². The molecule has 0 radical (unpaired) electrons. The lowest BCUT2D eigenvalue weighted by atomic mass is 10.1. The minimum absolute atomic E-state index is 0.0252. The Hall–Kier alpha value is -2.67. The maximum atomic E-state index is 13.2. The molecule has 0 bridgehead atoms. The van der Waals surface area contributed by atoms with E-state index in [9.17, 15) is 9.59 Å². The molecule has 0 N–H and O–H groups in total. The largest absolute Gasteiger partial charge is 0.454 e. The van der Waals surface area contributed by atoms with Crippen molar-refractivity contribution in [1.29, 1.82) is 0 Å². The third kappa shape index (κ3) is 3.55. The molecule has 0 aliphatic carbocycles. The second-order valence-corrected chi connectivity index (χ2v) is 8.70. The Balaban J connectivity index is 1.44. The molecule has 29 heavy (non-hydrogen) atoms. The highest BCUT2D eigenvalue weighted by atomic mass is 32.2. The topological polar surface area (TPSA) is 59.1 Å². The number of carbonyl (C=O) groups excluding carboxylic acids is 2. The molecule has 2 aromatic rings. The summed E-state index contributed by atoms with van der Waals surface area (Å²) in [4.78, 5) is 30.5. The molecule has 1 fully saturated rings. The van der Waals surface area contributed by atoms with E-state index >= 15 is 0 Å².